The second-order valence-corrected chi connectivity index (χ2v) is 6.55. The van der Waals surface area contributed by atoms with Crippen LogP contribution in [-0.4, -0.2) is 17.7 Å². The summed E-state index contributed by atoms with van der Waals surface area (Å²) < 4.78 is 2.57. The summed E-state index contributed by atoms with van der Waals surface area (Å²) in [7, 11) is 0. The molecule has 1 unspecified atom stereocenters. The van der Waals surface area contributed by atoms with Crippen LogP contribution < -0.4 is 4.90 Å². The van der Waals surface area contributed by atoms with Gasteiger partial charge in [-0.3, -0.25) is 0 Å². The van der Waals surface area contributed by atoms with Gasteiger partial charge < -0.3 is 9.47 Å². The molecule has 0 radical (unpaired) electrons. The second kappa shape index (κ2) is 4.89. The molecule has 1 aliphatic heterocycles. The molecule has 0 saturated heterocycles. The Morgan fingerprint density at radius 2 is 2.33 bits per heavy atom. The van der Waals surface area contributed by atoms with Crippen LogP contribution in [0.3, 0.4) is 0 Å². The minimum absolute atomic E-state index is 0.614. The third kappa shape index (κ3) is 1.90. The number of hydrogen-bond donors (Lipinski definition) is 1. The number of quaternary nitrogens is 1. The molecule has 0 fully saturated rings. The van der Waals surface area contributed by atoms with E-state index in [0.29, 0.717) is 12.5 Å². The van der Waals surface area contributed by atoms with Crippen molar-refractivity contribution in [3.8, 4) is 6.07 Å². The quantitative estimate of drug-likeness (QED) is 0.898. The highest BCUT2D eigenvalue weighted by atomic mass is 15.2. The van der Waals surface area contributed by atoms with E-state index in [0.717, 1.165) is 19.6 Å². The maximum Gasteiger partial charge on any atom is 0.129 e. The molecule has 2 heterocycles. The molecule has 0 bridgehead atoms. The van der Waals surface area contributed by atoms with Gasteiger partial charge in [0, 0.05) is 17.3 Å². The molecule has 2 aromatic rings. The predicted octanol–water partition coefficient (Wildman–Crippen LogP) is 2.14. The molecule has 2 atom stereocenters. The molecule has 108 valence electrons. The summed E-state index contributed by atoms with van der Waals surface area (Å²) in [5.74, 6) is 0. The Balaban J connectivity index is 1.86. The summed E-state index contributed by atoms with van der Waals surface area (Å²) in [6.45, 7) is 5.46. The molecule has 1 aliphatic carbocycles. The highest BCUT2D eigenvalue weighted by Gasteiger charge is 2.37. The van der Waals surface area contributed by atoms with E-state index in [-0.39, 0.29) is 0 Å². The summed E-state index contributed by atoms with van der Waals surface area (Å²) in [5.41, 5.74) is 5.97. The average molecular weight is 280 g/mol. The van der Waals surface area contributed by atoms with Crippen molar-refractivity contribution >= 4 is 10.9 Å². The zero-order valence-corrected chi connectivity index (χ0v) is 12.7. The Labute approximate surface area is 125 Å². The van der Waals surface area contributed by atoms with Crippen molar-refractivity contribution < 1.29 is 4.90 Å². The Hall–Kier alpha value is -1.79. The number of nitrogens with one attached hydrogen (secondary N) is 1. The number of rotatable bonds is 2. The van der Waals surface area contributed by atoms with Gasteiger partial charge in [-0.2, -0.15) is 5.26 Å². The Bertz CT molecular complexity index is 735. The fourth-order valence-corrected chi connectivity index (χ4v) is 4.42. The topological polar surface area (TPSA) is 33.2 Å². The van der Waals surface area contributed by atoms with Gasteiger partial charge in [0.1, 0.15) is 6.04 Å². The van der Waals surface area contributed by atoms with Crippen LogP contribution in [0.4, 0.5) is 0 Å². The van der Waals surface area contributed by atoms with Gasteiger partial charge in [-0.05, 0) is 37.5 Å². The Morgan fingerprint density at radius 3 is 3.19 bits per heavy atom. The van der Waals surface area contributed by atoms with Gasteiger partial charge in [0.25, 0.3) is 0 Å². The lowest BCUT2D eigenvalue weighted by Crippen LogP contribution is -3.13. The molecule has 3 nitrogen and oxygen atoms in total. The zero-order chi connectivity index (χ0) is 14.4. The number of nitriles is 1. The van der Waals surface area contributed by atoms with Crippen LogP contribution in [0, 0.1) is 18.3 Å². The summed E-state index contributed by atoms with van der Waals surface area (Å²) in [4.78, 5) is 1.63. The van der Waals surface area contributed by atoms with Gasteiger partial charge in [-0.1, -0.05) is 11.6 Å². The lowest BCUT2D eigenvalue weighted by molar-refractivity contribution is -0.936. The molecule has 0 spiro atoms. The Kier molecular flexibility index (Phi) is 3.01. The van der Waals surface area contributed by atoms with Crippen LogP contribution in [0.15, 0.2) is 18.2 Å². The maximum atomic E-state index is 8.90. The van der Waals surface area contributed by atoms with Gasteiger partial charge in [-0.15, -0.1) is 0 Å². The fourth-order valence-electron chi connectivity index (χ4n) is 4.42. The van der Waals surface area contributed by atoms with Crippen LogP contribution in [0.25, 0.3) is 10.9 Å². The third-order valence-electron chi connectivity index (χ3n) is 5.32. The van der Waals surface area contributed by atoms with E-state index in [9.17, 15) is 0 Å². The normalized spacial score (nSPS) is 23.8. The van der Waals surface area contributed by atoms with Crippen LogP contribution in [0.5, 0.6) is 0 Å². The number of aryl methyl sites for hydroxylation is 2. The molecule has 0 amide bonds. The van der Waals surface area contributed by atoms with Crippen LogP contribution in [0.1, 0.15) is 42.1 Å². The first-order valence-corrected chi connectivity index (χ1v) is 8.12. The number of nitrogens with zero attached hydrogens (tertiary/aromatic N) is 2. The summed E-state index contributed by atoms with van der Waals surface area (Å²) in [6.07, 6.45) is 4.48. The highest BCUT2D eigenvalue weighted by Crippen LogP contribution is 2.37. The molecular formula is C18H22N3+. The monoisotopic (exact) mass is 280 g/mol. The Morgan fingerprint density at radius 1 is 1.43 bits per heavy atom. The summed E-state index contributed by atoms with van der Waals surface area (Å²) >= 11 is 0. The lowest BCUT2D eigenvalue weighted by Gasteiger charge is -2.36. The highest BCUT2D eigenvalue weighted by molar-refractivity contribution is 5.86. The van der Waals surface area contributed by atoms with Crippen molar-refractivity contribution in [2.24, 2.45) is 0 Å². The van der Waals surface area contributed by atoms with E-state index in [1.54, 1.807) is 16.2 Å². The molecule has 21 heavy (non-hydrogen) atoms. The first-order valence-electron chi connectivity index (χ1n) is 8.12. The van der Waals surface area contributed by atoms with Gasteiger partial charge in [0.2, 0.25) is 0 Å². The first-order chi connectivity index (χ1) is 10.3. The van der Waals surface area contributed by atoms with Gasteiger partial charge in [0.05, 0.1) is 37.8 Å². The van der Waals surface area contributed by atoms with Crippen molar-refractivity contribution in [1.29, 1.82) is 5.26 Å². The van der Waals surface area contributed by atoms with E-state index in [1.165, 1.54) is 35.7 Å². The van der Waals surface area contributed by atoms with Crippen molar-refractivity contribution in [3.05, 3.63) is 35.0 Å². The molecular weight excluding hydrogens is 258 g/mol. The summed E-state index contributed by atoms with van der Waals surface area (Å²) in [5, 5.41) is 10.4. The molecule has 1 aromatic carbocycles. The maximum absolute atomic E-state index is 8.90. The fraction of sp³-hybridized carbons (Fsp3) is 0.500. The standard InChI is InChI=1S/C18H21N3/c1-13-6-7-16-15(12-13)14-4-2-5-17-18(14)21(16)11-10-20(17)9-3-8-19/h6-7,12,17H,2-5,9-11H2,1H3/p+1/t17-/m0/s1. The van der Waals surface area contributed by atoms with Gasteiger partial charge in [0.15, 0.2) is 0 Å². The van der Waals surface area contributed by atoms with Crippen molar-refractivity contribution in [1.82, 2.24) is 4.57 Å². The predicted molar refractivity (Wildman–Crippen MR) is 83.3 cm³/mol. The second-order valence-electron chi connectivity index (χ2n) is 6.55. The lowest BCUT2D eigenvalue weighted by atomic mass is 9.89. The van der Waals surface area contributed by atoms with Crippen molar-refractivity contribution in [2.75, 3.05) is 13.1 Å². The van der Waals surface area contributed by atoms with Crippen LogP contribution in [-0.2, 0) is 13.0 Å². The number of hydrogen-bond acceptors (Lipinski definition) is 1. The SMILES string of the molecule is Cc1ccc2c(c1)c1c3n2CC[NH+](CCC#N)[C@H]3CCC1. The molecule has 1 N–H and O–H groups in total. The van der Waals surface area contributed by atoms with Gasteiger partial charge in [-0.25, -0.2) is 0 Å². The zero-order valence-electron chi connectivity index (χ0n) is 12.7. The molecule has 3 heteroatoms. The summed E-state index contributed by atoms with van der Waals surface area (Å²) in [6, 6.07) is 9.85. The van der Waals surface area contributed by atoms with E-state index < -0.39 is 0 Å². The van der Waals surface area contributed by atoms with Crippen molar-refractivity contribution in [2.45, 2.75) is 45.2 Å². The first kappa shape index (κ1) is 12.9. The number of aromatic nitrogens is 1. The van der Waals surface area contributed by atoms with E-state index in [2.05, 4.69) is 35.8 Å². The van der Waals surface area contributed by atoms with Gasteiger partial charge >= 0.3 is 0 Å². The number of benzene rings is 1. The minimum atomic E-state index is 0.614. The largest absolute Gasteiger partial charge is 0.334 e. The third-order valence-corrected chi connectivity index (χ3v) is 5.32. The number of fused-ring (bicyclic) bond motifs is 3. The average Bonchev–Trinajstić information content (AvgIpc) is 2.82. The minimum Gasteiger partial charge on any atom is -0.334 e. The molecule has 1 aromatic heterocycles. The van der Waals surface area contributed by atoms with Crippen LogP contribution >= 0.6 is 0 Å². The molecule has 4 rings (SSSR count). The van der Waals surface area contributed by atoms with E-state index in [1.807, 2.05) is 0 Å². The van der Waals surface area contributed by atoms with Crippen molar-refractivity contribution in [3.63, 3.8) is 0 Å². The van der Waals surface area contributed by atoms with E-state index >= 15 is 0 Å². The smallest absolute Gasteiger partial charge is 0.129 e. The van der Waals surface area contributed by atoms with E-state index in [4.69, 9.17) is 5.26 Å². The molecule has 0 saturated carbocycles. The van der Waals surface area contributed by atoms with Crippen LogP contribution in [0.2, 0.25) is 0 Å². The molecule has 2 aliphatic rings.